The number of nitrogens with one attached hydrogen (secondary N) is 1. The minimum Gasteiger partial charge on any atom is -0.381 e. The molecule has 1 saturated heterocycles. The van der Waals surface area contributed by atoms with E-state index in [0.29, 0.717) is 5.92 Å². The fourth-order valence-corrected chi connectivity index (χ4v) is 1.80. The summed E-state index contributed by atoms with van der Waals surface area (Å²) in [4.78, 5) is 13.4. The average Bonchev–Trinajstić information content (AvgIpc) is 2.29. The van der Waals surface area contributed by atoms with E-state index in [1.165, 1.54) is 0 Å². The minimum absolute atomic E-state index is 0.0616. The van der Waals surface area contributed by atoms with Crippen molar-refractivity contribution in [2.45, 2.75) is 26.7 Å². The number of hydrogen-bond acceptors (Lipinski definition) is 2. The molecule has 4 nitrogen and oxygen atoms in total. The number of ether oxygens (including phenoxy) is 1. The molecule has 0 atom stereocenters. The van der Waals surface area contributed by atoms with Crippen molar-refractivity contribution in [1.29, 1.82) is 0 Å². The summed E-state index contributed by atoms with van der Waals surface area (Å²) in [5.74, 6) is 0.596. The number of urea groups is 1. The molecule has 0 aromatic rings. The zero-order valence-corrected chi connectivity index (χ0v) is 9.79. The van der Waals surface area contributed by atoms with Gasteiger partial charge >= 0.3 is 6.03 Å². The van der Waals surface area contributed by atoms with E-state index in [0.717, 1.165) is 45.7 Å². The first-order valence-corrected chi connectivity index (χ1v) is 5.88. The van der Waals surface area contributed by atoms with Gasteiger partial charge in [-0.15, -0.1) is 0 Å². The van der Waals surface area contributed by atoms with Gasteiger partial charge in [0.1, 0.15) is 0 Å². The first-order chi connectivity index (χ1) is 7.27. The molecule has 1 aliphatic heterocycles. The van der Waals surface area contributed by atoms with Crippen LogP contribution in [0.2, 0.25) is 0 Å². The second-order valence-electron chi connectivity index (χ2n) is 3.91. The Balaban J connectivity index is 2.20. The first-order valence-electron chi connectivity index (χ1n) is 5.88. The van der Waals surface area contributed by atoms with Crippen LogP contribution in [0.5, 0.6) is 0 Å². The molecule has 1 heterocycles. The van der Waals surface area contributed by atoms with Crippen molar-refractivity contribution in [3.63, 3.8) is 0 Å². The molecule has 0 aromatic carbocycles. The summed E-state index contributed by atoms with van der Waals surface area (Å²) in [7, 11) is 0. The van der Waals surface area contributed by atoms with Gasteiger partial charge in [-0.1, -0.05) is 0 Å². The minimum atomic E-state index is 0.0616. The molecule has 1 N–H and O–H groups in total. The molecular formula is C11H22N2O2. The maximum atomic E-state index is 11.6. The standard InChI is InChI=1S/C11H22N2O2/c1-3-13(4-2)11(14)12-9-10-5-7-15-8-6-10/h10H,3-9H2,1-2H3,(H,12,14). The summed E-state index contributed by atoms with van der Waals surface area (Å²) >= 11 is 0. The zero-order valence-electron chi connectivity index (χ0n) is 9.79. The van der Waals surface area contributed by atoms with Crippen LogP contribution in [0.25, 0.3) is 0 Å². The van der Waals surface area contributed by atoms with Crippen LogP contribution in [0, 0.1) is 5.92 Å². The van der Waals surface area contributed by atoms with Crippen molar-refractivity contribution in [3.05, 3.63) is 0 Å². The van der Waals surface area contributed by atoms with Crippen LogP contribution in [-0.4, -0.2) is 43.8 Å². The van der Waals surface area contributed by atoms with Crippen molar-refractivity contribution >= 4 is 6.03 Å². The number of hydrogen-bond donors (Lipinski definition) is 1. The molecule has 0 bridgehead atoms. The normalized spacial score (nSPS) is 17.5. The molecule has 0 saturated carbocycles. The van der Waals surface area contributed by atoms with Crippen LogP contribution in [0.4, 0.5) is 4.79 Å². The van der Waals surface area contributed by atoms with Gasteiger partial charge in [0.05, 0.1) is 0 Å². The van der Waals surface area contributed by atoms with Gasteiger partial charge in [0.25, 0.3) is 0 Å². The van der Waals surface area contributed by atoms with Crippen LogP contribution in [0.3, 0.4) is 0 Å². The smallest absolute Gasteiger partial charge is 0.317 e. The van der Waals surface area contributed by atoms with E-state index < -0.39 is 0 Å². The summed E-state index contributed by atoms with van der Waals surface area (Å²) < 4.78 is 5.27. The third kappa shape index (κ3) is 4.08. The molecule has 4 heteroatoms. The van der Waals surface area contributed by atoms with Crippen LogP contribution in [0.1, 0.15) is 26.7 Å². The molecule has 0 aliphatic carbocycles. The lowest BCUT2D eigenvalue weighted by molar-refractivity contribution is 0.0664. The Morgan fingerprint density at radius 3 is 2.47 bits per heavy atom. The van der Waals surface area contributed by atoms with Crippen molar-refractivity contribution in [3.8, 4) is 0 Å². The maximum absolute atomic E-state index is 11.6. The lowest BCUT2D eigenvalue weighted by Gasteiger charge is -2.24. The van der Waals surface area contributed by atoms with Gasteiger partial charge in [-0.2, -0.15) is 0 Å². The third-order valence-corrected chi connectivity index (χ3v) is 2.93. The lowest BCUT2D eigenvalue weighted by Crippen LogP contribution is -2.42. The fraction of sp³-hybridized carbons (Fsp3) is 0.909. The second-order valence-corrected chi connectivity index (χ2v) is 3.91. The summed E-state index contributed by atoms with van der Waals surface area (Å²) in [5, 5.41) is 2.99. The second kappa shape index (κ2) is 6.67. The zero-order chi connectivity index (χ0) is 11.1. The van der Waals surface area contributed by atoms with E-state index in [1.807, 2.05) is 13.8 Å². The molecule has 1 aliphatic rings. The number of nitrogens with zero attached hydrogens (tertiary/aromatic N) is 1. The molecule has 88 valence electrons. The quantitative estimate of drug-likeness (QED) is 0.770. The Labute approximate surface area is 92.0 Å². The predicted octanol–water partition coefficient (Wildman–Crippen LogP) is 1.46. The van der Waals surface area contributed by atoms with Gasteiger partial charge < -0.3 is 15.0 Å². The first kappa shape index (κ1) is 12.3. The van der Waals surface area contributed by atoms with E-state index in [-0.39, 0.29) is 6.03 Å². The van der Waals surface area contributed by atoms with Gasteiger partial charge in [0, 0.05) is 32.8 Å². The molecule has 2 amide bonds. The molecular weight excluding hydrogens is 192 g/mol. The molecule has 0 aromatic heterocycles. The predicted molar refractivity (Wildman–Crippen MR) is 59.9 cm³/mol. The average molecular weight is 214 g/mol. The molecule has 0 unspecified atom stereocenters. The fourth-order valence-electron chi connectivity index (χ4n) is 1.80. The van der Waals surface area contributed by atoms with Gasteiger partial charge in [-0.3, -0.25) is 0 Å². The largest absolute Gasteiger partial charge is 0.381 e. The van der Waals surface area contributed by atoms with E-state index in [2.05, 4.69) is 5.32 Å². The highest BCUT2D eigenvalue weighted by Gasteiger charge is 2.16. The Bertz CT molecular complexity index is 187. The van der Waals surface area contributed by atoms with E-state index in [1.54, 1.807) is 4.90 Å². The van der Waals surface area contributed by atoms with Crippen LogP contribution >= 0.6 is 0 Å². The summed E-state index contributed by atoms with van der Waals surface area (Å²) in [6, 6.07) is 0.0616. The van der Waals surface area contributed by atoms with Gasteiger partial charge in [0.15, 0.2) is 0 Å². The highest BCUT2D eigenvalue weighted by molar-refractivity contribution is 5.74. The van der Waals surface area contributed by atoms with E-state index in [9.17, 15) is 4.79 Å². The SMILES string of the molecule is CCN(CC)C(=O)NCC1CCOCC1. The van der Waals surface area contributed by atoms with Gasteiger partial charge in [0.2, 0.25) is 0 Å². The number of carbonyl (C=O) groups excluding carboxylic acids is 1. The van der Waals surface area contributed by atoms with Gasteiger partial charge in [-0.05, 0) is 32.6 Å². The summed E-state index contributed by atoms with van der Waals surface area (Å²) in [6.07, 6.45) is 2.14. The van der Waals surface area contributed by atoms with Crippen LogP contribution in [-0.2, 0) is 4.74 Å². The van der Waals surface area contributed by atoms with Crippen LogP contribution < -0.4 is 5.32 Å². The summed E-state index contributed by atoms with van der Waals surface area (Å²) in [5.41, 5.74) is 0. The Morgan fingerprint density at radius 1 is 1.33 bits per heavy atom. The molecule has 1 rings (SSSR count). The van der Waals surface area contributed by atoms with Crippen LogP contribution in [0.15, 0.2) is 0 Å². The summed E-state index contributed by atoms with van der Waals surface area (Å²) in [6.45, 7) is 8.01. The van der Waals surface area contributed by atoms with Crippen molar-refractivity contribution in [2.75, 3.05) is 32.8 Å². The molecule has 0 spiro atoms. The van der Waals surface area contributed by atoms with Crippen molar-refractivity contribution in [2.24, 2.45) is 5.92 Å². The number of amides is 2. The molecule has 1 fully saturated rings. The van der Waals surface area contributed by atoms with Crippen molar-refractivity contribution < 1.29 is 9.53 Å². The highest BCUT2D eigenvalue weighted by atomic mass is 16.5. The number of carbonyl (C=O) groups is 1. The highest BCUT2D eigenvalue weighted by Crippen LogP contribution is 2.13. The Kier molecular flexibility index (Phi) is 5.47. The Hall–Kier alpha value is -0.770. The molecule has 0 radical (unpaired) electrons. The van der Waals surface area contributed by atoms with E-state index >= 15 is 0 Å². The maximum Gasteiger partial charge on any atom is 0.317 e. The van der Waals surface area contributed by atoms with Crippen molar-refractivity contribution in [1.82, 2.24) is 10.2 Å². The monoisotopic (exact) mass is 214 g/mol. The lowest BCUT2D eigenvalue weighted by atomic mass is 10.0. The topological polar surface area (TPSA) is 41.6 Å². The molecule has 15 heavy (non-hydrogen) atoms. The van der Waals surface area contributed by atoms with E-state index in [4.69, 9.17) is 4.74 Å². The number of rotatable bonds is 4. The Morgan fingerprint density at radius 2 is 1.93 bits per heavy atom. The van der Waals surface area contributed by atoms with Gasteiger partial charge in [-0.25, -0.2) is 4.79 Å². The third-order valence-electron chi connectivity index (χ3n) is 2.93.